The highest BCUT2D eigenvalue weighted by atomic mass is 19.4. The molecule has 4 rings (SSSR count). The van der Waals surface area contributed by atoms with E-state index in [-0.39, 0.29) is 18.6 Å². The number of rotatable bonds is 10. The third-order valence-corrected chi connectivity index (χ3v) is 7.01. The molecule has 212 valence electrons. The molecule has 0 bridgehead atoms. The van der Waals surface area contributed by atoms with E-state index in [0.29, 0.717) is 36.6 Å². The van der Waals surface area contributed by atoms with Crippen LogP contribution in [0.25, 0.3) is 11.1 Å². The van der Waals surface area contributed by atoms with Gasteiger partial charge in [-0.1, -0.05) is 36.4 Å². The first kappa shape index (κ1) is 28.8. The Balaban J connectivity index is 1.35. The van der Waals surface area contributed by atoms with Gasteiger partial charge in [0.15, 0.2) is 6.10 Å². The lowest BCUT2D eigenvalue weighted by atomic mass is 9.99. The largest absolute Gasteiger partial charge is 0.493 e. The van der Waals surface area contributed by atoms with Gasteiger partial charge in [0.05, 0.1) is 18.2 Å². The highest BCUT2D eigenvalue weighted by molar-refractivity contribution is 5.77. The zero-order valence-electron chi connectivity index (χ0n) is 22.4. The first-order valence-corrected chi connectivity index (χ1v) is 12.8. The molecule has 2 atom stereocenters. The molecule has 1 N–H and O–H groups in total. The molecule has 0 spiro atoms. The molecular formula is C30H31F3N2O5. The molecular weight excluding hydrogens is 525 g/mol. The van der Waals surface area contributed by atoms with E-state index in [0.717, 1.165) is 28.8 Å². The number of amides is 2. The molecule has 3 aromatic carbocycles. The Bertz CT molecular complexity index is 1360. The molecule has 40 heavy (non-hydrogen) atoms. The molecule has 10 heteroatoms. The number of nitrogens with zero attached hydrogens (tertiary/aromatic N) is 2. The van der Waals surface area contributed by atoms with Crippen molar-refractivity contribution < 1.29 is 37.3 Å². The van der Waals surface area contributed by atoms with Crippen LogP contribution in [0.15, 0.2) is 66.7 Å². The summed E-state index contributed by atoms with van der Waals surface area (Å²) in [4.78, 5) is 27.2. The number of hydrogen-bond acceptors (Lipinski definition) is 4. The Morgan fingerprint density at radius 2 is 1.80 bits per heavy atom. The van der Waals surface area contributed by atoms with Gasteiger partial charge in [-0.2, -0.15) is 13.2 Å². The van der Waals surface area contributed by atoms with E-state index in [9.17, 15) is 22.8 Å². The number of halogens is 3. The van der Waals surface area contributed by atoms with Crippen molar-refractivity contribution >= 4 is 12.0 Å². The van der Waals surface area contributed by atoms with E-state index in [1.807, 2.05) is 43.3 Å². The number of benzene rings is 3. The fourth-order valence-electron chi connectivity index (χ4n) is 4.63. The number of hydrogen-bond donors (Lipinski definition) is 1. The number of aliphatic carboxylic acids is 1. The van der Waals surface area contributed by atoms with Crippen LogP contribution < -0.4 is 9.47 Å². The maximum Gasteiger partial charge on any atom is 0.416 e. The average Bonchev–Trinajstić information content (AvgIpc) is 3.17. The molecule has 1 heterocycles. The molecule has 7 nitrogen and oxygen atoms in total. The van der Waals surface area contributed by atoms with Gasteiger partial charge in [-0.15, -0.1) is 0 Å². The SMILES string of the molecule is Cc1c(OC(C)C(=O)O)cccc1-c1cccc(OCCC2CN(Cc3ccc(C(F)(F)F)cc3)C(=O)N2C)c1. The summed E-state index contributed by atoms with van der Waals surface area (Å²) >= 11 is 0. The molecule has 1 aliphatic rings. The van der Waals surface area contributed by atoms with Gasteiger partial charge in [-0.3, -0.25) is 0 Å². The summed E-state index contributed by atoms with van der Waals surface area (Å²) in [6.45, 7) is 4.38. The summed E-state index contributed by atoms with van der Waals surface area (Å²) in [6.07, 6.45) is -4.80. The molecule has 2 amide bonds. The smallest absolute Gasteiger partial charge is 0.416 e. The molecule has 1 saturated heterocycles. The molecule has 0 radical (unpaired) electrons. The fraction of sp³-hybridized carbons (Fsp3) is 0.333. The predicted molar refractivity (Wildman–Crippen MR) is 143 cm³/mol. The first-order chi connectivity index (χ1) is 18.9. The number of ether oxygens (including phenoxy) is 2. The maximum atomic E-state index is 12.8. The average molecular weight is 557 g/mol. The molecule has 3 aromatic rings. The minimum atomic E-state index is -4.40. The minimum absolute atomic E-state index is 0.0996. The van der Waals surface area contributed by atoms with Crippen LogP contribution in [0, 0.1) is 6.92 Å². The Kier molecular flexibility index (Phi) is 8.56. The standard InChI is InChI=1S/C30H31F3N2O5/c1-19-26(8-5-9-27(19)40-20(2)28(36)37)22-6-4-7-25(16-22)39-15-14-24-18-35(29(38)34(24)3)17-21-10-12-23(13-11-21)30(31,32)33/h4-13,16,20,24H,14-15,17-18H2,1-3H3,(H,36,37). The van der Waals surface area contributed by atoms with E-state index in [4.69, 9.17) is 14.6 Å². The second kappa shape index (κ2) is 11.9. The van der Waals surface area contributed by atoms with E-state index in [1.54, 1.807) is 22.9 Å². The van der Waals surface area contributed by atoms with Crippen LogP contribution in [0.2, 0.25) is 0 Å². The van der Waals surface area contributed by atoms with Gasteiger partial charge in [0.25, 0.3) is 0 Å². The minimum Gasteiger partial charge on any atom is -0.493 e. The monoisotopic (exact) mass is 556 g/mol. The second-order valence-electron chi connectivity index (χ2n) is 9.81. The Labute approximate surface area is 230 Å². The molecule has 1 fully saturated rings. The second-order valence-corrected chi connectivity index (χ2v) is 9.81. The molecule has 1 aliphatic heterocycles. The maximum absolute atomic E-state index is 12.8. The Morgan fingerprint density at radius 1 is 1.10 bits per heavy atom. The summed E-state index contributed by atoms with van der Waals surface area (Å²) in [7, 11) is 1.71. The van der Waals surface area contributed by atoms with Gasteiger partial charge in [0.1, 0.15) is 11.5 Å². The number of carbonyl (C=O) groups is 2. The number of likely N-dealkylation sites (N-methyl/N-ethyl adjacent to an activating group) is 1. The van der Waals surface area contributed by atoms with E-state index in [1.165, 1.54) is 19.1 Å². The number of urea groups is 1. The lowest BCUT2D eigenvalue weighted by Gasteiger charge is -2.18. The van der Waals surface area contributed by atoms with Crippen LogP contribution in [0.3, 0.4) is 0 Å². The van der Waals surface area contributed by atoms with Crippen molar-refractivity contribution in [2.75, 3.05) is 20.2 Å². The fourth-order valence-corrected chi connectivity index (χ4v) is 4.63. The van der Waals surface area contributed by atoms with Crippen molar-refractivity contribution in [2.24, 2.45) is 0 Å². The third kappa shape index (κ3) is 6.67. The lowest BCUT2D eigenvalue weighted by Crippen LogP contribution is -2.31. The van der Waals surface area contributed by atoms with Crippen molar-refractivity contribution in [2.45, 2.75) is 45.1 Å². The van der Waals surface area contributed by atoms with Crippen molar-refractivity contribution in [1.29, 1.82) is 0 Å². The number of carboxylic acid groups (broad SMARTS) is 1. The van der Waals surface area contributed by atoms with Gasteiger partial charge < -0.3 is 24.4 Å². The van der Waals surface area contributed by atoms with Gasteiger partial charge in [-0.05, 0) is 66.4 Å². The summed E-state index contributed by atoms with van der Waals surface area (Å²) in [5, 5.41) is 9.16. The van der Waals surface area contributed by atoms with E-state index in [2.05, 4.69) is 0 Å². The van der Waals surface area contributed by atoms with Gasteiger partial charge in [0.2, 0.25) is 0 Å². The van der Waals surface area contributed by atoms with Gasteiger partial charge >= 0.3 is 18.2 Å². The quantitative estimate of drug-likeness (QED) is 0.320. The summed E-state index contributed by atoms with van der Waals surface area (Å²) in [5.74, 6) is 0.0988. The number of carboxylic acids is 1. The summed E-state index contributed by atoms with van der Waals surface area (Å²) in [6, 6.07) is 17.6. The molecule has 0 aromatic heterocycles. The van der Waals surface area contributed by atoms with Crippen molar-refractivity contribution in [3.8, 4) is 22.6 Å². The normalized spacial score (nSPS) is 16.2. The van der Waals surface area contributed by atoms with Crippen molar-refractivity contribution in [1.82, 2.24) is 9.80 Å². The van der Waals surface area contributed by atoms with Crippen molar-refractivity contribution in [3.63, 3.8) is 0 Å². The third-order valence-electron chi connectivity index (χ3n) is 7.01. The molecule has 2 unspecified atom stereocenters. The Morgan fingerprint density at radius 3 is 2.48 bits per heavy atom. The molecule has 0 aliphatic carbocycles. The number of carbonyl (C=O) groups excluding carboxylic acids is 1. The Hall–Kier alpha value is -4.21. The van der Waals surface area contributed by atoms with Crippen LogP contribution >= 0.6 is 0 Å². The zero-order chi connectivity index (χ0) is 29.0. The van der Waals surface area contributed by atoms with Crippen LogP contribution in [0.5, 0.6) is 11.5 Å². The first-order valence-electron chi connectivity index (χ1n) is 12.8. The van der Waals surface area contributed by atoms with Gasteiger partial charge in [-0.25, -0.2) is 9.59 Å². The van der Waals surface area contributed by atoms with E-state index < -0.39 is 23.8 Å². The number of alkyl halides is 3. The topological polar surface area (TPSA) is 79.3 Å². The zero-order valence-corrected chi connectivity index (χ0v) is 22.4. The van der Waals surface area contributed by atoms with Crippen LogP contribution in [-0.4, -0.2) is 59.3 Å². The van der Waals surface area contributed by atoms with Crippen LogP contribution in [0.1, 0.15) is 30.0 Å². The highest BCUT2D eigenvalue weighted by Crippen LogP contribution is 2.33. The summed E-state index contributed by atoms with van der Waals surface area (Å²) in [5.41, 5.74) is 2.50. The lowest BCUT2D eigenvalue weighted by molar-refractivity contribution is -0.144. The highest BCUT2D eigenvalue weighted by Gasteiger charge is 2.35. The van der Waals surface area contributed by atoms with Crippen molar-refractivity contribution in [3.05, 3.63) is 83.4 Å². The molecule has 0 saturated carbocycles. The summed E-state index contributed by atoms with van der Waals surface area (Å²) < 4.78 is 50.1. The van der Waals surface area contributed by atoms with Crippen LogP contribution in [-0.2, 0) is 17.5 Å². The van der Waals surface area contributed by atoms with E-state index >= 15 is 0 Å². The van der Waals surface area contributed by atoms with Crippen LogP contribution in [0.4, 0.5) is 18.0 Å². The predicted octanol–water partition coefficient (Wildman–Crippen LogP) is 6.24. The van der Waals surface area contributed by atoms with Gasteiger partial charge in [0, 0.05) is 26.6 Å².